The minimum absolute atomic E-state index is 0.0000756. The molecule has 0 bridgehead atoms. The molecule has 21 heteroatoms. The Morgan fingerprint density at radius 3 is 1.41 bits per heavy atom. The van der Waals surface area contributed by atoms with E-state index < -0.39 is 48.6 Å². The van der Waals surface area contributed by atoms with Gasteiger partial charge in [0.25, 0.3) is 20.2 Å². The van der Waals surface area contributed by atoms with Gasteiger partial charge in [-0.2, -0.15) is 35.1 Å². The summed E-state index contributed by atoms with van der Waals surface area (Å²) in [5.41, 5.74) is 0.00410. The van der Waals surface area contributed by atoms with E-state index in [9.17, 15) is 43.9 Å². The summed E-state index contributed by atoms with van der Waals surface area (Å²) >= 11 is 26.1. The summed E-state index contributed by atoms with van der Waals surface area (Å²) in [6.45, 7) is 1.69. The lowest BCUT2D eigenvalue weighted by Crippen LogP contribution is -2.30. The zero-order valence-electron chi connectivity index (χ0n) is 27.8. The van der Waals surface area contributed by atoms with Crippen molar-refractivity contribution in [1.82, 2.24) is 0 Å². The van der Waals surface area contributed by atoms with Crippen molar-refractivity contribution in [3.8, 4) is 11.1 Å². The molecule has 0 fully saturated rings. The lowest BCUT2D eigenvalue weighted by atomic mass is 10.0. The maximum atomic E-state index is 13.3. The number of benzene rings is 6. The van der Waals surface area contributed by atoms with Gasteiger partial charge in [0.1, 0.15) is 26.9 Å². The van der Waals surface area contributed by atoms with E-state index in [-0.39, 0.29) is 58.2 Å². The molecule has 56 heavy (non-hydrogen) atoms. The SMILES string of the molecule is Cc1c(N=Nc2c(Cl)cc(-c3cc(Cl)c(N=Nc4cc(S(=O)(=O)O)c5ccccc5c4NC(=O)C(F)(F)F)c(Cl)c3)cc2Cl)cc(S(=O)(=O)O)c2ccccc12. The number of carbonyl (C=O) groups excluding carboxylic acids is 1. The second-order valence-electron chi connectivity index (χ2n) is 11.8. The number of hydrogen-bond acceptors (Lipinski definition) is 9. The first-order valence-electron chi connectivity index (χ1n) is 15.4. The molecule has 0 aliphatic heterocycles. The Balaban J connectivity index is 1.37. The average Bonchev–Trinajstić information content (AvgIpc) is 3.10. The lowest BCUT2D eigenvalue weighted by molar-refractivity contribution is -0.167. The number of nitrogens with one attached hydrogen (secondary N) is 1. The molecule has 0 aliphatic rings. The van der Waals surface area contributed by atoms with Gasteiger partial charge >= 0.3 is 12.1 Å². The van der Waals surface area contributed by atoms with Crippen LogP contribution < -0.4 is 5.32 Å². The largest absolute Gasteiger partial charge is 0.471 e. The van der Waals surface area contributed by atoms with Crippen LogP contribution in [0.1, 0.15) is 5.56 Å². The van der Waals surface area contributed by atoms with Crippen molar-refractivity contribution in [3.05, 3.63) is 111 Å². The number of carbonyl (C=O) groups is 1. The Bertz CT molecular complexity index is 2880. The van der Waals surface area contributed by atoms with Gasteiger partial charge in [-0.25, -0.2) is 0 Å². The Morgan fingerprint density at radius 1 is 0.607 bits per heavy atom. The van der Waals surface area contributed by atoms with Crippen molar-refractivity contribution >= 4 is 123 Å². The predicted molar refractivity (Wildman–Crippen MR) is 207 cm³/mol. The quantitative estimate of drug-likeness (QED) is 0.100. The molecule has 0 heterocycles. The third kappa shape index (κ3) is 8.35. The maximum Gasteiger partial charge on any atom is 0.471 e. The molecule has 288 valence electrons. The second-order valence-corrected chi connectivity index (χ2v) is 16.2. The number of anilines is 1. The first kappa shape index (κ1) is 40.9. The number of fused-ring (bicyclic) bond motifs is 2. The maximum absolute atomic E-state index is 13.3. The van der Waals surface area contributed by atoms with Gasteiger partial charge in [-0.3, -0.25) is 13.9 Å². The number of alkyl halides is 3. The Labute approximate surface area is 335 Å². The van der Waals surface area contributed by atoms with Gasteiger partial charge in [-0.05, 0) is 65.4 Å². The van der Waals surface area contributed by atoms with Crippen LogP contribution in [0.25, 0.3) is 32.7 Å². The fourth-order valence-corrected chi connectivity index (χ4v) is 8.15. The van der Waals surface area contributed by atoms with Crippen LogP contribution in [-0.2, 0) is 25.0 Å². The topological polar surface area (TPSA) is 187 Å². The van der Waals surface area contributed by atoms with E-state index in [0.717, 1.165) is 6.07 Å². The number of azo groups is 2. The van der Waals surface area contributed by atoms with Crippen LogP contribution in [0, 0.1) is 6.92 Å². The van der Waals surface area contributed by atoms with Crippen molar-refractivity contribution in [2.45, 2.75) is 22.9 Å². The van der Waals surface area contributed by atoms with Gasteiger partial charge in [0, 0.05) is 16.2 Å². The highest BCUT2D eigenvalue weighted by molar-refractivity contribution is 7.86. The van der Waals surface area contributed by atoms with Gasteiger partial charge in [-0.15, -0.1) is 15.3 Å². The summed E-state index contributed by atoms with van der Waals surface area (Å²) in [7, 11) is -9.59. The molecule has 0 radical (unpaired) electrons. The van der Waals surface area contributed by atoms with E-state index in [1.54, 1.807) is 36.5 Å². The first-order chi connectivity index (χ1) is 26.1. The number of amides is 1. The van der Waals surface area contributed by atoms with E-state index in [4.69, 9.17) is 46.4 Å². The highest BCUT2D eigenvalue weighted by atomic mass is 35.5. The van der Waals surface area contributed by atoms with E-state index in [2.05, 4.69) is 20.5 Å². The van der Waals surface area contributed by atoms with Crippen molar-refractivity contribution in [2.24, 2.45) is 20.5 Å². The van der Waals surface area contributed by atoms with E-state index in [1.165, 1.54) is 54.6 Å². The highest BCUT2D eigenvalue weighted by Gasteiger charge is 2.39. The van der Waals surface area contributed by atoms with Gasteiger partial charge in [0.05, 0.1) is 31.5 Å². The number of rotatable bonds is 8. The normalized spacial score (nSPS) is 12.7. The monoisotopic (exact) mass is 883 g/mol. The van der Waals surface area contributed by atoms with Crippen molar-refractivity contribution < 1.29 is 43.9 Å². The molecule has 0 saturated carbocycles. The highest BCUT2D eigenvalue weighted by Crippen LogP contribution is 2.45. The number of hydrogen-bond donors (Lipinski definition) is 3. The molecule has 0 saturated heterocycles. The fourth-order valence-electron chi connectivity index (χ4n) is 5.59. The predicted octanol–water partition coefficient (Wildman–Crippen LogP) is 12.4. The second kappa shape index (κ2) is 15.3. The minimum atomic E-state index is -5.33. The molecule has 6 aromatic rings. The molecule has 1 amide bonds. The number of halogens is 7. The fraction of sp³-hybridized carbons (Fsp3) is 0.0571. The molecule has 0 unspecified atom stereocenters. The minimum Gasteiger partial charge on any atom is -0.316 e. The zero-order chi connectivity index (χ0) is 40.9. The number of aryl methyl sites for hydroxylation is 1. The molecule has 6 rings (SSSR count). The lowest BCUT2D eigenvalue weighted by Gasteiger charge is -2.15. The van der Waals surface area contributed by atoms with Crippen molar-refractivity contribution in [1.29, 1.82) is 0 Å². The van der Waals surface area contributed by atoms with Crippen LogP contribution in [0.5, 0.6) is 0 Å². The van der Waals surface area contributed by atoms with Crippen LogP contribution in [0.3, 0.4) is 0 Å². The Hall–Kier alpha value is -4.72. The third-order valence-electron chi connectivity index (χ3n) is 8.17. The molecule has 12 nitrogen and oxygen atoms in total. The summed E-state index contributed by atoms with van der Waals surface area (Å²) in [6.07, 6.45) is -5.33. The average molecular weight is 886 g/mol. The Kier molecular flexibility index (Phi) is 11.2. The smallest absolute Gasteiger partial charge is 0.316 e. The van der Waals surface area contributed by atoms with Gasteiger partial charge < -0.3 is 5.32 Å². The summed E-state index contributed by atoms with van der Waals surface area (Å²) < 4.78 is 108. The van der Waals surface area contributed by atoms with Gasteiger partial charge in [-0.1, -0.05) is 94.9 Å². The summed E-state index contributed by atoms with van der Waals surface area (Å²) in [6, 6.07) is 19.2. The zero-order valence-corrected chi connectivity index (χ0v) is 32.4. The van der Waals surface area contributed by atoms with E-state index >= 15 is 0 Å². The van der Waals surface area contributed by atoms with Crippen LogP contribution >= 0.6 is 46.4 Å². The van der Waals surface area contributed by atoms with E-state index in [1.807, 2.05) is 0 Å². The van der Waals surface area contributed by atoms with Gasteiger partial charge in [0.15, 0.2) is 0 Å². The van der Waals surface area contributed by atoms with Crippen LogP contribution in [0.2, 0.25) is 20.1 Å². The molecule has 6 aromatic carbocycles. The van der Waals surface area contributed by atoms with Crippen LogP contribution in [0.15, 0.2) is 115 Å². The summed E-state index contributed by atoms with van der Waals surface area (Å²) in [5, 5.41) is 17.9. The molecular formula is C35H20Cl4F3N5O7S2. The van der Waals surface area contributed by atoms with Crippen LogP contribution in [-0.4, -0.2) is 38.0 Å². The summed E-state index contributed by atoms with van der Waals surface area (Å²) in [4.78, 5) is 10.9. The molecule has 0 spiro atoms. The van der Waals surface area contributed by atoms with Crippen LogP contribution in [0.4, 0.5) is 41.6 Å². The Morgan fingerprint density at radius 2 is 0.982 bits per heavy atom. The summed E-state index contributed by atoms with van der Waals surface area (Å²) in [5.74, 6) is -2.39. The molecule has 3 N–H and O–H groups in total. The standard InChI is InChI=1S/C35H20Cl4F3N5O7S2/c1-16-19-6-2-3-7-20(19)29(55(49,50)51)14-27(16)44-46-32-23(36)10-17(11-24(32)37)18-12-25(38)33(26(39)13-18)47-45-28-15-30(56(52,53)54)21-8-4-5-9-22(21)31(28)43-34(48)35(40,41)42/h2-15H,1H3,(H,43,48)(H,49,50,51)(H,52,53,54). The first-order valence-corrected chi connectivity index (χ1v) is 19.8. The third-order valence-corrected chi connectivity index (χ3v) is 11.1. The molecule has 0 aromatic heterocycles. The van der Waals surface area contributed by atoms with Gasteiger partial charge in [0.2, 0.25) is 0 Å². The van der Waals surface area contributed by atoms with Crippen molar-refractivity contribution in [3.63, 3.8) is 0 Å². The molecule has 0 atom stereocenters. The molecule has 0 aliphatic carbocycles. The van der Waals surface area contributed by atoms with E-state index in [0.29, 0.717) is 22.1 Å². The molecular weight excluding hydrogens is 865 g/mol. The van der Waals surface area contributed by atoms with Crippen molar-refractivity contribution in [2.75, 3.05) is 5.32 Å². The number of nitrogens with zero attached hydrogens (tertiary/aromatic N) is 4.